The fourth-order valence-electron chi connectivity index (χ4n) is 3.93. The lowest BCUT2D eigenvalue weighted by Gasteiger charge is -2.34. The number of amides is 1. The molecule has 0 bridgehead atoms. The first-order valence-electron chi connectivity index (χ1n) is 9.80. The van der Waals surface area contributed by atoms with Gasteiger partial charge in [0, 0.05) is 30.9 Å². The van der Waals surface area contributed by atoms with Crippen molar-refractivity contribution >= 4 is 21.6 Å². The first-order chi connectivity index (χ1) is 13.3. The minimum absolute atomic E-state index is 0.141. The molecule has 0 spiro atoms. The number of nitrogens with zero attached hydrogens (tertiary/aromatic N) is 2. The Labute approximate surface area is 168 Å². The molecule has 1 aliphatic heterocycles. The molecule has 2 atom stereocenters. The standard InChI is InChI=1S/C22H28N2O3S/c1-4-24(20-8-6-5-7-9-20)22(25)19-10-12-21(13-11-19)28(26,27)23-15-17(2)14-18(3)16-23/h5-13,17-18H,4,14-16H2,1-3H3/t17-,18+. The Hall–Kier alpha value is -2.18. The van der Waals surface area contributed by atoms with Crippen LogP contribution in [0.1, 0.15) is 37.6 Å². The van der Waals surface area contributed by atoms with Gasteiger partial charge in [-0.2, -0.15) is 4.31 Å². The summed E-state index contributed by atoms with van der Waals surface area (Å²) in [5.74, 6) is 0.560. The molecule has 3 rings (SSSR count). The van der Waals surface area contributed by atoms with Crippen LogP contribution in [-0.4, -0.2) is 38.3 Å². The molecule has 0 aromatic heterocycles. The Morgan fingerprint density at radius 1 is 1.00 bits per heavy atom. The summed E-state index contributed by atoms with van der Waals surface area (Å²) in [7, 11) is -3.54. The van der Waals surface area contributed by atoms with Crippen molar-refractivity contribution in [3.05, 3.63) is 60.2 Å². The third-order valence-corrected chi connectivity index (χ3v) is 7.05. The molecule has 150 valence electrons. The van der Waals surface area contributed by atoms with E-state index >= 15 is 0 Å². The smallest absolute Gasteiger partial charge is 0.258 e. The van der Waals surface area contributed by atoms with Gasteiger partial charge in [0.05, 0.1) is 4.90 Å². The fraction of sp³-hybridized carbons (Fsp3) is 0.409. The van der Waals surface area contributed by atoms with Crippen molar-refractivity contribution in [2.24, 2.45) is 11.8 Å². The van der Waals surface area contributed by atoms with E-state index in [2.05, 4.69) is 13.8 Å². The molecule has 1 fully saturated rings. The Balaban J connectivity index is 1.82. The second kappa shape index (κ2) is 8.45. The molecule has 2 aromatic rings. The van der Waals surface area contributed by atoms with Gasteiger partial charge >= 0.3 is 0 Å². The molecule has 0 saturated carbocycles. The van der Waals surface area contributed by atoms with Crippen LogP contribution in [0.5, 0.6) is 0 Å². The molecule has 5 nitrogen and oxygen atoms in total. The van der Waals surface area contributed by atoms with Crippen LogP contribution in [0.15, 0.2) is 59.5 Å². The highest BCUT2D eigenvalue weighted by Crippen LogP contribution is 2.27. The van der Waals surface area contributed by atoms with E-state index in [4.69, 9.17) is 0 Å². The van der Waals surface area contributed by atoms with Crippen molar-refractivity contribution in [2.45, 2.75) is 32.1 Å². The van der Waals surface area contributed by atoms with E-state index in [1.807, 2.05) is 37.3 Å². The summed E-state index contributed by atoms with van der Waals surface area (Å²) in [5, 5.41) is 0. The van der Waals surface area contributed by atoms with Crippen molar-refractivity contribution in [1.29, 1.82) is 0 Å². The highest BCUT2D eigenvalue weighted by Gasteiger charge is 2.31. The summed E-state index contributed by atoms with van der Waals surface area (Å²) in [5.41, 5.74) is 1.30. The number of hydrogen-bond donors (Lipinski definition) is 0. The summed E-state index contributed by atoms with van der Waals surface area (Å²) in [6, 6.07) is 15.8. The predicted octanol–water partition coefficient (Wildman–Crippen LogP) is 4.02. The summed E-state index contributed by atoms with van der Waals surface area (Å²) < 4.78 is 27.6. The van der Waals surface area contributed by atoms with Crippen molar-refractivity contribution in [3.8, 4) is 0 Å². The largest absolute Gasteiger partial charge is 0.309 e. The molecule has 0 aliphatic carbocycles. The molecule has 0 N–H and O–H groups in total. The molecule has 6 heteroatoms. The lowest BCUT2D eigenvalue weighted by atomic mass is 9.94. The van der Waals surface area contributed by atoms with E-state index in [0.717, 1.165) is 12.1 Å². The van der Waals surface area contributed by atoms with Crippen LogP contribution < -0.4 is 4.90 Å². The minimum atomic E-state index is -3.54. The number of carbonyl (C=O) groups excluding carboxylic acids is 1. The first-order valence-corrected chi connectivity index (χ1v) is 11.2. The number of benzene rings is 2. The molecule has 1 amide bonds. The molecule has 1 heterocycles. The second-order valence-corrected chi connectivity index (χ2v) is 9.62. The molecule has 28 heavy (non-hydrogen) atoms. The average molecular weight is 401 g/mol. The minimum Gasteiger partial charge on any atom is -0.309 e. The van der Waals surface area contributed by atoms with Crippen LogP contribution in [0, 0.1) is 11.8 Å². The van der Waals surface area contributed by atoms with E-state index in [1.54, 1.807) is 33.5 Å². The van der Waals surface area contributed by atoms with Crippen LogP contribution in [0.25, 0.3) is 0 Å². The van der Waals surface area contributed by atoms with E-state index in [1.165, 1.54) is 0 Å². The third kappa shape index (κ3) is 4.28. The zero-order chi connectivity index (χ0) is 20.3. The van der Waals surface area contributed by atoms with Crippen molar-refractivity contribution in [1.82, 2.24) is 4.31 Å². The lowest BCUT2D eigenvalue weighted by Crippen LogP contribution is -2.42. The summed E-state index contributed by atoms with van der Waals surface area (Å²) >= 11 is 0. The third-order valence-electron chi connectivity index (χ3n) is 5.20. The predicted molar refractivity (Wildman–Crippen MR) is 112 cm³/mol. The van der Waals surface area contributed by atoms with Crippen LogP contribution in [0.3, 0.4) is 0 Å². The van der Waals surface area contributed by atoms with Crippen molar-refractivity contribution < 1.29 is 13.2 Å². The topological polar surface area (TPSA) is 57.7 Å². The van der Waals surface area contributed by atoms with E-state index in [-0.39, 0.29) is 10.8 Å². The van der Waals surface area contributed by atoms with Gasteiger partial charge in [-0.15, -0.1) is 0 Å². The number of anilines is 1. The quantitative estimate of drug-likeness (QED) is 0.762. The first kappa shape index (κ1) is 20.6. The number of para-hydroxylation sites is 1. The normalized spacial score (nSPS) is 20.7. The maximum Gasteiger partial charge on any atom is 0.258 e. The van der Waals surface area contributed by atoms with Gasteiger partial charge in [-0.25, -0.2) is 8.42 Å². The second-order valence-electron chi connectivity index (χ2n) is 7.68. The van der Waals surface area contributed by atoms with Crippen molar-refractivity contribution in [2.75, 3.05) is 24.5 Å². The van der Waals surface area contributed by atoms with Gasteiger partial charge < -0.3 is 4.90 Å². The number of rotatable bonds is 5. The van der Waals surface area contributed by atoms with Crippen molar-refractivity contribution in [3.63, 3.8) is 0 Å². The molecule has 0 unspecified atom stereocenters. The number of carbonyl (C=O) groups is 1. The van der Waals surface area contributed by atoms with Crippen LogP contribution in [-0.2, 0) is 10.0 Å². The fourth-order valence-corrected chi connectivity index (χ4v) is 5.61. The summed E-state index contributed by atoms with van der Waals surface area (Å²) in [6.45, 7) is 7.72. The van der Waals surface area contributed by atoms with Crippen LogP contribution in [0.2, 0.25) is 0 Å². The number of hydrogen-bond acceptors (Lipinski definition) is 3. The van der Waals surface area contributed by atoms with Gasteiger partial charge in [-0.05, 0) is 61.6 Å². The Kier molecular flexibility index (Phi) is 6.20. The Morgan fingerprint density at radius 2 is 1.57 bits per heavy atom. The highest BCUT2D eigenvalue weighted by molar-refractivity contribution is 7.89. The zero-order valence-electron chi connectivity index (χ0n) is 16.7. The number of sulfonamides is 1. The van der Waals surface area contributed by atoms with Gasteiger partial charge in [-0.3, -0.25) is 4.79 Å². The lowest BCUT2D eigenvalue weighted by molar-refractivity contribution is 0.0988. The van der Waals surface area contributed by atoms with E-state index in [9.17, 15) is 13.2 Å². The Morgan fingerprint density at radius 3 is 2.11 bits per heavy atom. The van der Waals surface area contributed by atoms with Gasteiger partial charge in [-0.1, -0.05) is 32.0 Å². The molecule has 1 aliphatic rings. The molecule has 0 radical (unpaired) electrons. The average Bonchev–Trinajstić information content (AvgIpc) is 2.68. The van der Waals surface area contributed by atoms with Gasteiger partial charge in [0.15, 0.2) is 0 Å². The maximum absolute atomic E-state index is 13.0. The maximum atomic E-state index is 13.0. The summed E-state index contributed by atoms with van der Waals surface area (Å²) in [4.78, 5) is 14.8. The van der Waals surface area contributed by atoms with Gasteiger partial charge in [0.2, 0.25) is 10.0 Å². The van der Waals surface area contributed by atoms with Gasteiger partial charge in [0.25, 0.3) is 5.91 Å². The van der Waals surface area contributed by atoms with E-state index in [0.29, 0.717) is 37.0 Å². The molecule has 2 aromatic carbocycles. The molecular weight excluding hydrogens is 372 g/mol. The molecular formula is C22H28N2O3S. The SMILES string of the molecule is CCN(C(=O)c1ccc(S(=O)(=O)N2C[C@H](C)C[C@H](C)C2)cc1)c1ccccc1. The Bertz CT molecular complexity index is 901. The van der Waals surface area contributed by atoms with Crippen LogP contribution >= 0.6 is 0 Å². The van der Waals surface area contributed by atoms with Crippen LogP contribution in [0.4, 0.5) is 5.69 Å². The molecule has 1 saturated heterocycles. The summed E-state index contributed by atoms with van der Waals surface area (Å²) in [6.07, 6.45) is 1.05. The highest BCUT2D eigenvalue weighted by atomic mass is 32.2. The van der Waals surface area contributed by atoms with Gasteiger partial charge in [0.1, 0.15) is 0 Å². The van der Waals surface area contributed by atoms with E-state index < -0.39 is 10.0 Å². The zero-order valence-corrected chi connectivity index (χ0v) is 17.5. The number of piperidine rings is 1. The monoisotopic (exact) mass is 400 g/mol.